The summed E-state index contributed by atoms with van der Waals surface area (Å²) in [7, 11) is 0. The van der Waals surface area contributed by atoms with Crippen molar-refractivity contribution in [2.24, 2.45) is 5.41 Å². The van der Waals surface area contributed by atoms with Gasteiger partial charge in [-0.25, -0.2) is 0 Å². The maximum Gasteiger partial charge on any atom is 0.240 e. The lowest BCUT2D eigenvalue weighted by Gasteiger charge is -2.33. The van der Waals surface area contributed by atoms with Crippen molar-refractivity contribution in [1.29, 1.82) is 0 Å². The van der Waals surface area contributed by atoms with E-state index in [1.807, 2.05) is 35.4 Å². The number of rotatable bonds is 5. The molecule has 1 aromatic carbocycles. The van der Waals surface area contributed by atoms with Gasteiger partial charge in [-0.05, 0) is 61.9 Å². The Kier molecular flexibility index (Phi) is 9.10. The third kappa shape index (κ3) is 5.73. The van der Waals surface area contributed by atoms with Crippen LogP contribution < -0.4 is 10.6 Å². The van der Waals surface area contributed by atoms with E-state index in [0.717, 1.165) is 55.7 Å². The highest BCUT2D eigenvalue weighted by Crippen LogP contribution is 2.38. The fourth-order valence-electron chi connectivity index (χ4n) is 4.53. The minimum absolute atomic E-state index is 0. The predicted molar refractivity (Wildman–Crippen MR) is 125 cm³/mol. The smallest absolute Gasteiger partial charge is 0.240 e. The molecule has 2 fully saturated rings. The van der Waals surface area contributed by atoms with Crippen LogP contribution >= 0.6 is 24.8 Å². The molecule has 2 aliphatic heterocycles. The third-order valence-corrected chi connectivity index (χ3v) is 6.31. The molecule has 3 heterocycles. The SMILES string of the molecule is Cc1cccnc1CN(Cc1ccccc1)C(=O)C1CC2(CCNCC2)CN1.Cl.Cl. The highest BCUT2D eigenvalue weighted by Gasteiger charge is 2.43. The Morgan fingerprint density at radius 3 is 2.53 bits per heavy atom. The van der Waals surface area contributed by atoms with Crippen molar-refractivity contribution >= 4 is 30.7 Å². The first-order chi connectivity index (χ1) is 13.7. The van der Waals surface area contributed by atoms with E-state index in [0.29, 0.717) is 13.1 Å². The van der Waals surface area contributed by atoms with Crippen LogP contribution in [0.1, 0.15) is 36.1 Å². The summed E-state index contributed by atoms with van der Waals surface area (Å²) in [6, 6.07) is 14.2. The number of nitrogens with zero attached hydrogens (tertiary/aromatic N) is 2. The fraction of sp³-hybridized carbons (Fsp3) is 0.478. The molecule has 0 aliphatic carbocycles. The summed E-state index contributed by atoms with van der Waals surface area (Å²) in [5.74, 6) is 0.198. The molecule has 2 aromatic rings. The van der Waals surface area contributed by atoms with Gasteiger partial charge in [0.15, 0.2) is 0 Å². The van der Waals surface area contributed by atoms with Crippen molar-refractivity contribution in [2.45, 2.75) is 45.3 Å². The minimum Gasteiger partial charge on any atom is -0.331 e. The number of hydrogen-bond donors (Lipinski definition) is 2. The summed E-state index contributed by atoms with van der Waals surface area (Å²) in [6.07, 6.45) is 5.06. The largest absolute Gasteiger partial charge is 0.331 e. The number of piperidine rings is 1. The summed E-state index contributed by atoms with van der Waals surface area (Å²) < 4.78 is 0. The topological polar surface area (TPSA) is 57.3 Å². The summed E-state index contributed by atoms with van der Waals surface area (Å²) in [5, 5.41) is 6.99. The molecule has 5 nitrogen and oxygen atoms in total. The Hall–Kier alpha value is -1.66. The molecule has 2 aliphatic rings. The number of carbonyl (C=O) groups excluding carboxylic acids is 1. The average Bonchev–Trinajstić information content (AvgIpc) is 3.13. The van der Waals surface area contributed by atoms with E-state index < -0.39 is 0 Å². The lowest BCUT2D eigenvalue weighted by Crippen LogP contribution is -2.43. The zero-order valence-electron chi connectivity index (χ0n) is 17.5. The lowest BCUT2D eigenvalue weighted by atomic mass is 9.77. The zero-order chi connectivity index (χ0) is 19.4. The van der Waals surface area contributed by atoms with Crippen LogP contribution in [0.2, 0.25) is 0 Å². The van der Waals surface area contributed by atoms with Gasteiger partial charge < -0.3 is 15.5 Å². The Bertz CT molecular complexity index is 812. The van der Waals surface area contributed by atoms with Crippen molar-refractivity contribution in [3.05, 3.63) is 65.5 Å². The molecule has 0 radical (unpaired) electrons. The predicted octanol–water partition coefficient (Wildman–Crippen LogP) is 3.49. The first-order valence-electron chi connectivity index (χ1n) is 10.3. The van der Waals surface area contributed by atoms with Crippen LogP contribution in [-0.2, 0) is 17.9 Å². The van der Waals surface area contributed by atoms with Gasteiger partial charge in [0.25, 0.3) is 0 Å². The van der Waals surface area contributed by atoms with Crippen LogP contribution in [0.5, 0.6) is 0 Å². The van der Waals surface area contributed by atoms with Crippen LogP contribution in [-0.4, -0.2) is 41.5 Å². The first kappa shape index (κ1) is 24.6. The molecule has 2 saturated heterocycles. The van der Waals surface area contributed by atoms with E-state index in [-0.39, 0.29) is 42.2 Å². The van der Waals surface area contributed by atoms with E-state index in [9.17, 15) is 4.79 Å². The van der Waals surface area contributed by atoms with Crippen LogP contribution in [0.4, 0.5) is 0 Å². The molecule has 1 amide bonds. The Labute approximate surface area is 191 Å². The van der Waals surface area contributed by atoms with Crippen LogP contribution in [0.15, 0.2) is 48.7 Å². The third-order valence-electron chi connectivity index (χ3n) is 6.31. The molecular formula is C23H32Cl2N4O. The number of carbonyl (C=O) groups is 1. The van der Waals surface area contributed by atoms with E-state index in [4.69, 9.17) is 0 Å². The molecule has 1 unspecified atom stereocenters. The van der Waals surface area contributed by atoms with Crippen LogP contribution in [0.3, 0.4) is 0 Å². The van der Waals surface area contributed by atoms with Gasteiger partial charge in [0, 0.05) is 19.3 Å². The molecule has 1 atom stereocenters. The van der Waals surface area contributed by atoms with Crippen molar-refractivity contribution in [1.82, 2.24) is 20.5 Å². The van der Waals surface area contributed by atoms with E-state index in [1.165, 1.54) is 0 Å². The second-order valence-corrected chi connectivity index (χ2v) is 8.33. The van der Waals surface area contributed by atoms with E-state index >= 15 is 0 Å². The summed E-state index contributed by atoms with van der Waals surface area (Å²) in [6.45, 7) is 6.29. The number of amides is 1. The summed E-state index contributed by atoms with van der Waals surface area (Å²) in [4.78, 5) is 20.0. The van der Waals surface area contributed by atoms with Gasteiger partial charge in [0.05, 0.1) is 18.3 Å². The van der Waals surface area contributed by atoms with Gasteiger partial charge in [-0.1, -0.05) is 36.4 Å². The number of pyridine rings is 1. The average molecular weight is 451 g/mol. The molecule has 30 heavy (non-hydrogen) atoms. The Balaban J connectivity index is 0.00000160. The maximum absolute atomic E-state index is 13.5. The second kappa shape index (κ2) is 11.1. The number of aromatic nitrogens is 1. The minimum atomic E-state index is -0.0918. The van der Waals surface area contributed by atoms with Gasteiger partial charge in [-0.3, -0.25) is 9.78 Å². The van der Waals surface area contributed by atoms with Crippen molar-refractivity contribution in [2.75, 3.05) is 19.6 Å². The highest BCUT2D eigenvalue weighted by molar-refractivity contribution is 5.85. The molecule has 164 valence electrons. The number of benzene rings is 1. The lowest BCUT2D eigenvalue weighted by molar-refractivity contribution is -0.134. The van der Waals surface area contributed by atoms with Gasteiger partial charge in [0.2, 0.25) is 5.91 Å². The van der Waals surface area contributed by atoms with E-state index in [2.05, 4.69) is 40.7 Å². The number of halogens is 2. The maximum atomic E-state index is 13.5. The van der Waals surface area contributed by atoms with Crippen molar-refractivity contribution in [3.63, 3.8) is 0 Å². The second-order valence-electron chi connectivity index (χ2n) is 8.33. The molecule has 0 bridgehead atoms. The van der Waals surface area contributed by atoms with E-state index in [1.54, 1.807) is 0 Å². The molecule has 0 saturated carbocycles. The number of aryl methyl sites for hydroxylation is 1. The molecule has 1 spiro atoms. The van der Waals surface area contributed by atoms with Gasteiger partial charge >= 0.3 is 0 Å². The van der Waals surface area contributed by atoms with Gasteiger partial charge in [-0.2, -0.15) is 0 Å². The molecule has 1 aromatic heterocycles. The number of nitrogens with one attached hydrogen (secondary N) is 2. The Morgan fingerprint density at radius 1 is 1.10 bits per heavy atom. The van der Waals surface area contributed by atoms with Crippen LogP contribution in [0, 0.1) is 12.3 Å². The van der Waals surface area contributed by atoms with Crippen LogP contribution in [0.25, 0.3) is 0 Å². The molecule has 2 N–H and O–H groups in total. The highest BCUT2D eigenvalue weighted by atomic mass is 35.5. The molecule has 7 heteroatoms. The monoisotopic (exact) mass is 450 g/mol. The normalized spacial score (nSPS) is 19.6. The zero-order valence-corrected chi connectivity index (χ0v) is 19.1. The number of hydrogen-bond acceptors (Lipinski definition) is 4. The summed E-state index contributed by atoms with van der Waals surface area (Å²) in [5.41, 5.74) is 3.54. The quantitative estimate of drug-likeness (QED) is 0.731. The van der Waals surface area contributed by atoms with Crippen molar-refractivity contribution in [3.8, 4) is 0 Å². The molecular weight excluding hydrogens is 419 g/mol. The molecule has 4 rings (SSSR count). The standard InChI is InChI=1S/C23H30N4O.2ClH/c1-18-6-5-11-25-21(18)16-27(15-19-7-3-2-4-8-19)22(28)20-14-23(17-26-20)9-12-24-13-10-23;;/h2-8,11,20,24,26H,9-10,12-17H2,1H3;2*1H. The fourth-order valence-corrected chi connectivity index (χ4v) is 4.53. The summed E-state index contributed by atoms with van der Waals surface area (Å²) >= 11 is 0. The van der Waals surface area contributed by atoms with Gasteiger partial charge in [0.1, 0.15) is 0 Å². The first-order valence-corrected chi connectivity index (χ1v) is 10.3. The Morgan fingerprint density at radius 2 is 1.83 bits per heavy atom. The van der Waals surface area contributed by atoms with Gasteiger partial charge in [-0.15, -0.1) is 24.8 Å². The van der Waals surface area contributed by atoms with Crippen molar-refractivity contribution < 1.29 is 4.79 Å².